The van der Waals surface area contributed by atoms with Crippen LogP contribution in [0.3, 0.4) is 0 Å². The van der Waals surface area contributed by atoms with Gasteiger partial charge in [0.1, 0.15) is 0 Å². The van der Waals surface area contributed by atoms with Gasteiger partial charge in [-0.25, -0.2) is 0 Å². The first-order valence-corrected chi connectivity index (χ1v) is 4.22. The summed E-state index contributed by atoms with van der Waals surface area (Å²) in [4.78, 5) is 0. The predicted octanol–water partition coefficient (Wildman–Crippen LogP) is 3.32. The average Bonchev–Trinajstić information content (AvgIpc) is 2.58. The minimum atomic E-state index is 1.25. The first-order chi connectivity index (χ1) is 5.79. The molecular weight excluding hydrogens is 146 g/mol. The molecule has 0 amide bonds. The first-order valence-electron chi connectivity index (χ1n) is 4.22. The molecule has 1 nitrogen and oxygen atoms in total. The van der Waals surface area contributed by atoms with Gasteiger partial charge < -0.3 is 4.57 Å². The van der Waals surface area contributed by atoms with Crippen LogP contribution in [-0.4, -0.2) is 4.57 Å². The summed E-state index contributed by atoms with van der Waals surface area (Å²) in [6.07, 6.45) is 8.36. The van der Waals surface area contributed by atoms with Crippen LogP contribution in [0.2, 0.25) is 0 Å². The summed E-state index contributed by atoms with van der Waals surface area (Å²) in [5.74, 6) is 0. The molecule has 64 valence electrons. The third kappa shape index (κ3) is 1.67. The second-order valence-electron chi connectivity index (χ2n) is 2.74. The van der Waals surface area contributed by atoms with E-state index in [9.17, 15) is 0 Å². The van der Waals surface area contributed by atoms with Crippen LogP contribution in [0.1, 0.15) is 20.8 Å². The van der Waals surface area contributed by atoms with E-state index in [1.807, 2.05) is 12.1 Å². The molecule has 0 saturated carbocycles. The van der Waals surface area contributed by atoms with Crippen LogP contribution >= 0.6 is 0 Å². The smallest absolute Gasteiger partial charge is 0.0432 e. The molecule has 0 saturated heterocycles. The predicted molar refractivity (Wildman–Crippen MR) is 53.8 cm³/mol. The highest BCUT2D eigenvalue weighted by molar-refractivity contribution is 5.62. The molecule has 1 rings (SSSR count). The summed E-state index contributed by atoms with van der Waals surface area (Å²) < 4.78 is 2.12. The van der Waals surface area contributed by atoms with E-state index in [0.29, 0.717) is 0 Å². The van der Waals surface area contributed by atoms with Gasteiger partial charge >= 0.3 is 0 Å². The SMILES string of the molecule is C/C=C(/C(C)=C/C)n1cccc1. The standard InChI is InChI=1S/C11H15N/c1-4-10(3)11(5-2)12-8-6-7-9-12/h4-9H,1-3H3/b10-4+,11-5-. The zero-order chi connectivity index (χ0) is 8.97. The van der Waals surface area contributed by atoms with Crippen LogP contribution in [0, 0.1) is 0 Å². The Balaban J connectivity index is 3.01. The molecule has 0 unspecified atom stereocenters. The van der Waals surface area contributed by atoms with Crippen LogP contribution in [0.25, 0.3) is 5.70 Å². The van der Waals surface area contributed by atoms with E-state index in [0.717, 1.165) is 0 Å². The number of rotatable bonds is 2. The Bertz CT molecular complexity index is 289. The van der Waals surface area contributed by atoms with Crippen LogP contribution in [-0.2, 0) is 0 Å². The van der Waals surface area contributed by atoms with Crippen molar-refractivity contribution in [3.8, 4) is 0 Å². The van der Waals surface area contributed by atoms with Crippen molar-refractivity contribution >= 4 is 5.70 Å². The Morgan fingerprint density at radius 2 is 1.67 bits per heavy atom. The van der Waals surface area contributed by atoms with Gasteiger partial charge in [0.15, 0.2) is 0 Å². The van der Waals surface area contributed by atoms with Gasteiger partial charge in [-0.1, -0.05) is 12.2 Å². The Kier molecular flexibility index (Phi) is 2.92. The Hall–Kier alpha value is -1.24. The van der Waals surface area contributed by atoms with E-state index in [1.165, 1.54) is 11.3 Å². The van der Waals surface area contributed by atoms with Crippen molar-refractivity contribution in [3.05, 3.63) is 42.3 Å². The molecule has 1 heterocycles. The molecule has 0 aliphatic rings. The van der Waals surface area contributed by atoms with Gasteiger partial charge in [-0.3, -0.25) is 0 Å². The summed E-state index contributed by atoms with van der Waals surface area (Å²) >= 11 is 0. The number of nitrogens with zero attached hydrogens (tertiary/aromatic N) is 1. The van der Waals surface area contributed by atoms with Crippen LogP contribution in [0.15, 0.2) is 42.3 Å². The Morgan fingerprint density at radius 3 is 2.08 bits per heavy atom. The fourth-order valence-electron chi connectivity index (χ4n) is 1.22. The van der Waals surface area contributed by atoms with E-state index < -0.39 is 0 Å². The van der Waals surface area contributed by atoms with Crippen molar-refractivity contribution in [1.29, 1.82) is 0 Å². The molecule has 0 radical (unpaired) electrons. The zero-order valence-electron chi connectivity index (χ0n) is 7.91. The van der Waals surface area contributed by atoms with Gasteiger partial charge in [-0.15, -0.1) is 0 Å². The normalized spacial score (nSPS) is 13.6. The Morgan fingerprint density at radius 1 is 1.08 bits per heavy atom. The van der Waals surface area contributed by atoms with Gasteiger partial charge in [0.25, 0.3) is 0 Å². The molecule has 0 fully saturated rings. The highest BCUT2D eigenvalue weighted by atomic mass is 14.9. The molecule has 1 aromatic heterocycles. The van der Waals surface area contributed by atoms with Crippen molar-refractivity contribution in [2.24, 2.45) is 0 Å². The summed E-state index contributed by atoms with van der Waals surface area (Å²) in [5.41, 5.74) is 2.55. The van der Waals surface area contributed by atoms with Crippen molar-refractivity contribution in [2.75, 3.05) is 0 Å². The lowest BCUT2D eigenvalue weighted by Gasteiger charge is -2.07. The zero-order valence-corrected chi connectivity index (χ0v) is 7.91. The lowest BCUT2D eigenvalue weighted by Crippen LogP contribution is -1.93. The molecule has 0 aromatic carbocycles. The molecular formula is C11H15N. The number of hydrogen-bond donors (Lipinski definition) is 0. The van der Waals surface area contributed by atoms with E-state index in [1.54, 1.807) is 0 Å². The van der Waals surface area contributed by atoms with E-state index >= 15 is 0 Å². The fraction of sp³-hybridized carbons (Fsp3) is 0.273. The number of hydrogen-bond acceptors (Lipinski definition) is 0. The van der Waals surface area contributed by atoms with E-state index in [-0.39, 0.29) is 0 Å². The second kappa shape index (κ2) is 3.96. The van der Waals surface area contributed by atoms with Crippen LogP contribution in [0.4, 0.5) is 0 Å². The highest BCUT2D eigenvalue weighted by Gasteiger charge is 1.97. The summed E-state index contributed by atoms with van der Waals surface area (Å²) in [5, 5.41) is 0. The molecule has 0 N–H and O–H groups in total. The van der Waals surface area contributed by atoms with Gasteiger partial charge in [0.05, 0.1) is 0 Å². The number of allylic oxidation sites excluding steroid dienone is 4. The number of aromatic nitrogens is 1. The van der Waals surface area contributed by atoms with Crippen LogP contribution < -0.4 is 0 Å². The molecule has 0 atom stereocenters. The minimum Gasteiger partial charge on any atom is -0.324 e. The first kappa shape index (κ1) is 8.85. The quantitative estimate of drug-likeness (QED) is 0.586. The molecule has 1 heteroatoms. The third-order valence-corrected chi connectivity index (χ3v) is 1.99. The second-order valence-corrected chi connectivity index (χ2v) is 2.74. The van der Waals surface area contributed by atoms with Crippen LogP contribution in [0.5, 0.6) is 0 Å². The monoisotopic (exact) mass is 161 g/mol. The highest BCUT2D eigenvalue weighted by Crippen LogP contribution is 2.14. The fourth-order valence-corrected chi connectivity index (χ4v) is 1.22. The summed E-state index contributed by atoms with van der Waals surface area (Å²) in [6.45, 7) is 6.24. The maximum atomic E-state index is 2.12. The minimum absolute atomic E-state index is 1.25. The maximum Gasteiger partial charge on any atom is 0.0432 e. The lowest BCUT2D eigenvalue weighted by molar-refractivity contribution is 1.10. The summed E-state index contributed by atoms with van der Waals surface area (Å²) in [6, 6.07) is 4.07. The lowest BCUT2D eigenvalue weighted by atomic mass is 10.2. The van der Waals surface area contributed by atoms with E-state index in [4.69, 9.17) is 0 Å². The molecule has 1 aromatic rings. The van der Waals surface area contributed by atoms with Crippen molar-refractivity contribution in [2.45, 2.75) is 20.8 Å². The molecule has 0 aliphatic heterocycles. The molecule has 12 heavy (non-hydrogen) atoms. The van der Waals surface area contributed by atoms with Crippen molar-refractivity contribution in [1.82, 2.24) is 4.57 Å². The van der Waals surface area contributed by atoms with Gasteiger partial charge in [0.2, 0.25) is 0 Å². The van der Waals surface area contributed by atoms with Gasteiger partial charge in [-0.2, -0.15) is 0 Å². The molecule has 0 aliphatic carbocycles. The van der Waals surface area contributed by atoms with Gasteiger partial charge in [-0.05, 0) is 38.5 Å². The van der Waals surface area contributed by atoms with Gasteiger partial charge in [0, 0.05) is 18.1 Å². The molecule has 0 spiro atoms. The maximum absolute atomic E-state index is 2.12. The van der Waals surface area contributed by atoms with Crippen molar-refractivity contribution < 1.29 is 0 Å². The van der Waals surface area contributed by atoms with Crippen molar-refractivity contribution in [3.63, 3.8) is 0 Å². The average molecular weight is 161 g/mol. The largest absolute Gasteiger partial charge is 0.324 e. The topological polar surface area (TPSA) is 4.93 Å². The Labute approximate surface area is 74.0 Å². The molecule has 0 bridgehead atoms. The third-order valence-electron chi connectivity index (χ3n) is 1.99. The van der Waals surface area contributed by atoms with E-state index in [2.05, 4.69) is 49.9 Å². The summed E-state index contributed by atoms with van der Waals surface area (Å²) in [7, 11) is 0.